The fourth-order valence-corrected chi connectivity index (χ4v) is 1.43. The Labute approximate surface area is 93.2 Å². The standard InChI is InChI=1S/C8H8Br2N2O/c9-3-5-12-8(13)7-6(10)2-1-4-11-7/h1-2,4H,3,5H2,(H,12,13). The Hall–Kier alpha value is -0.420. The number of nitrogens with zero attached hydrogens (tertiary/aromatic N) is 1. The maximum atomic E-state index is 11.4. The zero-order valence-corrected chi connectivity index (χ0v) is 9.93. The van der Waals surface area contributed by atoms with Gasteiger partial charge in [0, 0.05) is 22.5 Å². The fraction of sp³-hybridized carbons (Fsp3) is 0.250. The Morgan fingerprint density at radius 2 is 2.38 bits per heavy atom. The van der Waals surface area contributed by atoms with E-state index in [0.29, 0.717) is 16.7 Å². The van der Waals surface area contributed by atoms with Gasteiger partial charge in [-0.2, -0.15) is 0 Å². The average Bonchev–Trinajstić information content (AvgIpc) is 2.15. The minimum absolute atomic E-state index is 0.160. The van der Waals surface area contributed by atoms with Gasteiger partial charge in [0.1, 0.15) is 5.69 Å². The summed E-state index contributed by atoms with van der Waals surface area (Å²) in [5.74, 6) is -0.160. The predicted molar refractivity (Wildman–Crippen MR) is 58.1 cm³/mol. The van der Waals surface area contributed by atoms with Crippen LogP contribution in [0, 0.1) is 0 Å². The summed E-state index contributed by atoms with van der Waals surface area (Å²) in [7, 11) is 0. The molecule has 0 aliphatic carbocycles. The van der Waals surface area contributed by atoms with Crippen molar-refractivity contribution in [3.05, 3.63) is 28.5 Å². The number of carbonyl (C=O) groups is 1. The van der Waals surface area contributed by atoms with Gasteiger partial charge in [0.2, 0.25) is 0 Å². The Morgan fingerprint density at radius 3 is 3.00 bits per heavy atom. The van der Waals surface area contributed by atoms with E-state index < -0.39 is 0 Å². The normalized spacial score (nSPS) is 9.69. The summed E-state index contributed by atoms with van der Waals surface area (Å²) in [4.78, 5) is 15.4. The molecule has 0 spiro atoms. The van der Waals surface area contributed by atoms with Crippen molar-refractivity contribution in [1.29, 1.82) is 0 Å². The van der Waals surface area contributed by atoms with Crippen LogP contribution in [0.25, 0.3) is 0 Å². The molecule has 0 radical (unpaired) electrons. The molecule has 13 heavy (non-hydrogen) atoms. The predicted octanol–water partition coefficient (Wildman–Crippen LogP) is 1.97. The number of halogens is 2. The van der Waals surface area contributed by atoms with Gasteiger partial charge in [0.15, 0.2) is 0 Å². The lowest BCUT2D eigenvalue weighted by Crippen LogP contribution is -2.26. The van der Waals surface area contributed by atoms with E-state index in [0.717, 1.165) is 5.33 Å². The van der Waals surface area contributed by atoms with E-state index in [2.05, 4.69) is 42.2 Å². The lowest BCUT2D eigenvalue weighted by molar-refractivity contribution is 0.0950. The van der Waals surface area contributed by atoms with E-state index in [1.54, 1.807) is 18.3 Å². The van der Waals surface area contributed by atoms with Gasteiger partial charge in [-0.05, 0) is 28.1 Å². The smallest absolute Gasteiger partial charge is 0.271 e. The number of rotatable bonds is 3. The van der Waals surface area contributed by atoms with Crippen molar-refractivity contribution >= 4 is 37.8 Å². The van der Waals surface area contributed by atoms with E-state index in [9.17, 15) is 4.79 Å². The topological polar surface area (TPSA) is 42.0 Å². The van der Waals surface area contributed by atoms with E-state index in [-0.39, 0.29) is 5.91 Å². The molecule has 1 rings (SSSR count). The highest BCUT2D eigenvalue weighted by atomic mass is 79.9. The summed E-state index contributed by atoms with van der Waals surface area (Å²) in [5, 5.41) is 3.45. The molecule has 0 saturated heterocycles. The summed E-state index contributed by atoms with van der Waals surface area (Å²) >= 11 is 6.48. The van der Waals surface area contributed by atoms with Crippen molar-refractivity contribution in [2.24, 2.45) is 0 Å². The first kappa shape index (κ1) is 10.7. The zero-order valence-electron chi connectivity index (χ0n) is 6.76. The average molecular weight is 308 g/mol. The molecule has 0 aliphatic rings. The van der Waals surface area contributed by atoms with Gasteiger partial charge < -0.3 is 5.32 Å². The van der Waals surface area contributed by atoms with Gasteiger partial charge in [0.05, 0.1) is 0 Å². The van der Waals surface area contributed by atoms with Crippen molar-refractivity contribution in [3.63, 3.8) is 0 Å². The second-order valence-corrected chi connectivity index (χ2v) is 3.93. The van der Waals surface area contributed by atoms with Gasteiger partial charge >= 0.3 is 0 Å². The fourth-order valence-electron chi connectivity index (χ4n) is 0.797. The van der Waals surface area contributed by atoms with Crippen LogP contribution in [0.2, 0.25) is 0 Å². The third-order valence-electron chi connectivity index (χ3n) is 1.35. The Morgan fingerprint density at radius 1 is 1.62 bits per heavy atom. The van der Waals surface area contributed by atoms with E-state index in [1.807, 2.05) is 0 Å². The van der Waals surface area contributed by atoms with Crippen LogP contribution in [0.1, 0.15) is 10.5 Å². The highest BCUT2D eigenvalue weighted by Gasteiger charge is 2.09. The second kappa shape index (κ2) is 5.34. The van der Waals surface area contributed by atoms with Gasteiger partial charge in [-0.15, -0.1) is 0 Å². The molecule has 0 aliphatic heterocycles. The molecule has 0 unspecified atom stereocenters. The van der Waals surface area contributed by atoms with Crippen LogP contribution in [0.4, 0.5) is 0 Å². The second-order valence-electron chi connectivity index (χ2n) is 2.28. The SMILES string of the molecule is O=C(NCCBr)c1ncccc1Br. The minimum atomic E-state index is -0.160. The summed E-state index contributed by atoms with van der Waals surface area (Å²) in [6.07, 6.45) is 1.59. The number of hydrogen-bond donors (Lipinski definition) is 1. The highest BCUT2D eigenvalue weighted by Crippen LogP contribution is 2.12. The van der Waals surface area contributed by atoms with Gasteiger partial charge in [-0.1, -0.05) is 15.9 Å². The quantitative estimate of drug-likeness (QED) is 0.868. The molecule has 0 bridgehead atoms. The Kier molecular flexibility index (Phi) is 4.38. The number of hydrogen-bond acceptors (Lipinski definition) is 2. The van der Waals surface area contributed by atoms with Crippen molar-refractivity contribution in [2.75, 3.05) is 11.9 Å². The number of aromatic nitrogens is 1. The lowest BCUT2D eigenvalue weighted by atomic mass is 10.3. The van der Waals surface area contributed by atoms with Crippen LogP contribution >= 0.6 is 31.9 Å². The largest absolute Gasteiger partial charge is 0.350 e. The molecule has 5 heteroatoms. The molecule has 3 nitrogen and oxygen atoms in total. The maximum Gasteiger partial charge on any atom is 0.271 e. The molecular weight excluding hydrogens is 300 g/mol. The van der Waals surface area contributed by atoms with Gasteiger partial charge in [-0.25, -0.2) is 4.98 Å². The van der Waals surface area contributed by atoms with Crippen LogP contribution in [-0.2, 0) is 0 Å². The zero-order chi connectivity index (χ0) is 9.68. The molecule has 1 aromatic heterocycles. The summed E-state index contributed by atoms with van der Waals surface area (Å²) in [6.45, 7) is 0.599. The Bertz CT molecular complexity index is 304. The molecule has 1 amide bonds. The van der Waals surface area contributed by atoms with Crippen LogP contribution < -0.4 is 5.32 Å². The van der Waals surface area contributed by atoms with Crippen molar-refractivity contribution in [1.82, 2.24) is 10.3 Å². The summed E-state index contributed by atoms with van der Waals surface area (Å²) in [6, 6.07) is 3.56. The summed E-state index contributed by atoms with van der Waals surface area (Å²) < 4.78 is 0.710. The monoisotopic (exact) mass is 306 g/mol. The highest BCUT2D eigenvalue weighted by molar-refractivity contribution is 9.10. The molecule has 0 saturated carbocycles. The van der Waals surface area contributed by atoms with E-state index in [4.69, 9.17) is 0 Å². The Balaban J connectivity index is 2.71. The molecule has 1 aromatic rings. The van der Waals surface area contributed by atoms with Crippen molar-refractivity contribution in [2.45, 2.75) is 0 Å². The molecule has 0 fully saturated rings. The number of pyridine rings is 1. The first-order valence-electron chi connectivity index (χ1n) is 3.70. The molecule has 0 atom stereocenters. The molecule has 0 aromatic carbocycles. The first-order chi connectivity index (χ1) is 6.25. The molecule has 1 heterocycles. The van der Waals surface area contributed by atoms with Crippen LogP contribution in [0.3, 0.4) is 0 Å². The lowest BCUT2D eigenvalue weighted by Gasteiger charge is -2.03. The molecule has 1 N–H and O–H groups in total. The summed E-state index contributed by atoms with van der Waals surface area (Å²) in [5.41, 5.74) is 0.420. The maximum absolute atomic E-state index is 11.4. The van der Waals surface area contributed by atoms with Crippen molar-refractivity contribution < 1.29 is 4.79 Å². The third-order valence-corrected chi connectivity index (χ3v) is 2.39. The number of alkyl halides is 1. The third kappa shape index (κ3) is 3.08. The van der Waals surface area contributed by atoms with Crippen LogP contribution in [0.15, 0.2) is 22.8 Å². The van der Waals surface area contributed by atoms with Gasteiger partial charge in [-0.3, -0.25) is 4.79 Å². The number of carbonyl (C=O) groups excluding carboxylic acids is 1. The minimum Gasteiger partial charge on any atom is -0.350 e. The molecular formula is C8H8Br2N2O. The van der Waals surface area contributed by atoms with E-state index in [1.165, 1.54) is 0 Å². The first-order valence-corrected chi connectivity index (χ1v) is 5.62. The van der Waals surface area contributed by atoms with E-state index >= 15 is 0 Å². The number of nitrogens with one attached hydrogen (secondary N) is 1. The van der Waals surface area contributed by atoms with Crippen LogP contribution in [0.5, 0.6) is 0 Å². The van der Waals surface area contributed by atoms with Crippen molar-refractivity contribution in [3.8, 4) is 0 Å². The van der Waals surface area contributed by atoms with Crippen LogP contribution in [-0.4, -0.2) is 22.8 Å². The van der Waals surface area contributed by atoms with Gasteiger partial charge in [0.25, 0.3) is 5.91 Å². The number of amides is 1. The molecule has 70 valence electrons.